The fourth-order valence-electron chi connectivity index (χ4n) is 3.23. The molecule has 0 aliphatic rings. The van der Waals surface area contributed by atoms with Crippen LogP contribution >= 0.6 is 15.9 Å². The van der Waals surface area contributed by atoms with Gasteiger partial charge in [0.25, 0.3) is 0 Å². The highest BCUT2D eigenvalue weighted by Crippen LogP contribution is 2.27. The molecule has 154 valence electrons. The van der Waals surface area contributed by atoms with Gasteiger partial charge in [0.15, 0.2) is 0 Å². The summed E-state index contributed by atoms with van der Waals surface area (Å²) in [5.74, 6) is 0. The SMILES string of the molecule is CN(C)c1ccc(CC=CC=C(c2ccc(Br)cc2)c2ccc(N(C)C)cc2)cc1. The first-order chi connectivity index (χ1) is 14.4. The zero-order chi connectivity index (χ0) is 21.5. The molecule has 0 heterocycles. The summed E-state index contributed by atoms with van der Waals surface area (Å²) >= 11 is 3.54. The van der Waals surface area contributed by atoms with E-state index in [4.69, 9.17) is 0 Å². The monoisotopic (exact) mass is 460 g/mol. The Kier molecular flexibility index (Phi) is 7.53. The van der Waals surface area contributed by atoms with Crippen molar-refractivity contribution in [2.24, 2.45) is 0 Å². The molecule has 0 atom stereocenters. The van der Waals surface area contributed by atoms with Gasteiger partial charge < -0.3 is 9.80 Å². The fraction of sp³-hybridized carbons (Fsp3) is 0.185. The second kappa shape index (κ2) is 10.3. The molecule has 3 aromatic rings. The van der Waals surface area contributed by atoms with Crippen LogP contribution in [-0.2, 0) is 6.42 Å². The molecular weight excluding hydrogens is 432 g/mol. The highest BCUT2D eigenvalue weighted by molar-refractivity contribution is 9.10. The third-order valence-corrected chi connectivity index (χ3v) is 5.58. The van der Waals surface area contributed by atoms with Gasteiger partial charge in [0, 0.05) is 44.0 Å². The molecule has 0 aromatic heterocycles. The molecule has 0 saturated heterocycles. The van der Waals surface area contributed by atoms with Crippen LogP contribution in [-0.4, -0.2) is 28.2 Å². The van der Waals surface area contributed by atoms with Gasteiger partial charge in [-0.05, 0) is 65.1 Å². The van der Waals surface area contributed by atoms with E-state index in [0.717, 1.165) is 10.9 Å². The first-order valence-electron chi connectivity index (χ1n) is 10.1. The molecule has 3 heteroatoms. The molecular formula is C27H29BrN2. The number of hydrogen-bond acceptors (Lipinski definition) is 2. The van der Waals surface area contributed by atoms with Gasteiger partial charge in [-0.3, -0.25) is 0 Å². The third-order valence-electron chi connectivity index (χ3n) is 5.06. The van der Waals surface area contributed by atoms with Crippen LogP contribution in [0.5, 0.6) is 0 Å². The smallest absolute Gasteiger partial charge is 0.0361 e. The lowest BCUT2D eigenvalue weighted by molar-refractivity contribution is 1.12. The predicted octanol–water partition coefficient (Wildman–Crippen LogP) is 6.81. The van der Waals surface area contributed by atoms with Crippen molar-refractivity contribution < 1.29 is 0 Å². The van der Waals surface area contributed by atoms with Gasteiger partial charge in [-0.25, -0.2) is 0 Å². The Morgan fingerprint density at radius 1 is 0.700 bits per heavy atom. The number of halogens is 1. The van der Waals surface area contributed by atoms with E-state index in [-0.39, 0.29) is 0 Å². The Bertz CT molecular complexity index is 996. The standard InChI is InChI=1S/C27H29BrN2/c1-29(2)25-17-9-21(10-18-25)7-5-6-8-27(22-11-15-24(28)16-12-22)23-13-19-26(20-14-23)30(3)4/h5-6,8-20H,7H2,1-4H3. The van der Waals surface area contributed by atoms with E-state index in [1.165, 1.54) is 33.6 Å². The maximum absolute atomic E-state index is 3.54. The summed E-state index contributed by atoms with van der Waals surface area (Å²) in [6, 6.07) is 25.9. The van der Waals surface area contributed by atoms with E-state index in [1.807, 2.05) is 0 Å². The first-order valence-corrected chi connectivity index (χ1v) is 10.9. The highest BCUT2D eigenvalue weighted by atomic mass is 79.9. The van der Waals surface area contributed by atoms with Crippen molar-refractivity contribution in [2.45, 2.75) is 6.42 Å². The van der Waals surface area contributed by atoms with Crippen molar-refractivity contribution in [3.63, 3.8) is 0 Å². The molecule has 0 aliphatic carbocycles. The molecule has 0 amide bonds. The van der Waals surface area contributed by atoms with E-state index >= 15 is 0 Å². The van der Waals surface area contributed by atoms with E-state index in [1.54, 1.807) is 0 Å². The molecule has 0 saturated carbocycles. The molecule has 30 heavy (non-hydrogen) atoms. The summed E-state index contributed by atoms with van der Waals surface area (Å²) in [5.41, 5.74) is 7.36. The Balaban J connectivity index is 1.83. The number of benzene rings is 3. The number of hydrogen-bond donors (Lipinski definition) is 0. The maximum atomic E-state index is 3.54. The summed E-state index contributed by atoms with van der Waals surface area (Å²) in [4.78, 5) is 4.24. The number of rotatable bonds is 7. The van der Waals surface area contributed by atoms with Gasteiger partial charge in [0.2, 0.25) is 0 Å². The van der Waals surface area contributed by atoms with Gasteiger partial charge in [-0.1, -0.05) is 70.6 Å². The van der Waals surface area contributed by atoms with Crippen LogP contribution in [0.25, 0.3) is 5.57 Å². The van der Waals surface area contributed by atoms with Gasteiger partial charge in [-0.2, -0.15) is 0 Å². The second-order valence-corrected chi connectivity index (χ2v) is 8.64. The van der Waals surface area contributed by atoms with E-state index < -0.39 is 0 Å². The number of anilines is 2. The Labute approximate surface area is 189 Å². The fourth-order valence-corrected chi connectivity index (χ4v) is 3.49. The number of allylic oxidation sites excluding steroid dienone is 3. The summed E-state index contributed by atoms with van der Waals surface area (Å²) in [5, 5.41) is 0. The largest absolute Gasteiger partial charge is 0.378 e. The molecule has 0 aliphatic heterocycles. The normalized spacial score (nSPS) is 11.7. The van der Waals surface area contributed by atoms with E-state index in [9.17, 15) is 0 Å². The Hall–Kier alpha value is -2.78. The molecule has 3 aromatic carbocycles. The van der Waals surface area contributed by atoms with E-state index in [2.05, 4.69) is 145 Å². The van der Waals surface area contributed by atoms with Gasteiger partial charge in [-0.15, -0.1) is 0 Å². The van der Waals surface area contributed by atoms with Crippen molar-refractivity contribution in [1.29, 1.82) is 0 Å². The third kappa shape index (κ3) is 5.87. The molecule has 0 unspecified atom stereocenters. The average molecular weight is 461 g/mol. The van der Waals surface area contributed by atoms with Crippen molar-refractivity contribution >= 4 is 32.9 Å². The first kappa shape index (κ1) is 21.9. The number of nitrogens with zero attached hydrogens (tertiary/aromatic N) is 2. The summed E-state index contributed by atoms with van der Waals surface area (Å²) in [7, 11) is 8.26. The topological polar surface area (TPSA) is 6.48 Å². The van der Waals surface area contributed by atoms with E-state index in [0.29, 0.717) is 0 Å². The Morgan fingerprint density at radius 3 is 1.67 bits per heavy atom. The van der Waals surface area contributed by atoms with Crippen molar-refractivity contribution in [2.75, 3.05) is 38.0 Å². The minimum atomic E-state index is 0.914. The van der Waals surface area contributed by atoms with Crippen LogP contribution in [0.4, 0.5) is 11.4 Å². The zero-order valence-electron chi connectivity index (χ0n) is 18.1. The predicted molar refractivity (Wildman–Crippen MR) is 136 cm³/mol. The quantitative estimate of drug-likeness (QED) is 0.357. The van der Waals surface area contributed by atoms with Crippen molar-refractivity contribution in [3.05, 3.63) is 112 Å². The minimum Gasteiger partial charge on any atom is -0.378 e. The average Bonchev–Trinajstić information content (AvgIpc) is 2.75. The molecule has 2 nitrogen and oxygen atoms in total. The van der Waals surface area contributed by atoms with Crippen LogP contribution < -0.4 is 9.80 Å². The lowest BCUT2D eigenvalue weighted by Gasteiger charge is -2.14. The molecule has 0 N–H and O–H groups in total. The minimum absolute atomic E-state index is 0.914. The van der Waals surface area contributed by atoms with Crippen LogP contribution in [0.1, 0.15) is 16.7 Å². The molecule has 0 spiro atoms. The van der Waals surface area contributed by atoms with Gasteiger partial charge >= 0.3 is 0 Å². The summed E-state index contributed by atoms with van der Waals surface area (Å²) in [6.07, 6.45) is 7.51. The van der Waals surface area contributed by atoms with Gasteiger partial charge in [0.1, 0.15) is 0 Å². The summed E-state index contributed by atoms with van der Waals surface area (Å²) in [6.45, 7) is 0. The van der Waals surface area contributed by atoms with Crippen LogP contribution in [0, 0.1) is 0 Å². The molecule has 0 radical (unpaired) electrons. The van der Waals surface area contributed by atoms with Crippen molar-refractivity contribution in [3.8, 4) is 0 Å². The second-order valence-electron chi connectivity index (χ2n) is 7.72. The highest BCUT2D eigenvalue weighted by Gasteiger charge is 2.05. The molecule has 3 rings (SSSR count). The zero-order valence-corrected chi connectivity index (χ0v) is 19.7. The van der Waals surface area contributed by atoms with Crippen molar-refractivity contribution in [1.82, 2.24) is 0 Å². The van der Waals surface area contributed by atoms with Crippen LogP contribution in [0.15, 0.2) is 95.5 Å². The summed E-state index contributed by atoms with van der Waals surface area (Å²) < 4.78 is 1.09. The maximum Gasteiger partial charge on any atom is 0.0361 e. The Morgan fingerprint density at radius 2 is 1.17 bits per heavy atom. The van der Waals surface area contributed by atoms with Crippen LogP contribution in [0.3, 0.4) is 0 Å². The lowest BCUT2D eigenvalue weighted by atomic mass is 9.97. The van der Waals surface area contributed by atoms with Gasteiger partial charge in [0.05, 0.1) is 0 Å². The lowest BCUT2D eigenvalue weighted by Crippen LogP contribution is -2.08. The molecule has 0 bridgehead atoms. The molecule has 0 fully saturated rings. The van der Waals surface area contributed by atoms with Crippen LogP contribution in [0.2, 0.25) is 0 Å².